The number of sulfonamides is 1. The lowest BCUT2D eigenvalue weighted by atomic mass is 10.3. The van der Waals surface area contributed by atoms with E-state index in [1.807, 2.05) is 0 Å². The molecule has 21 heavy (non-hydrogen) atoms. The van der Waals surface area contributed by atoms with Gasteiger partial charge in [-0.05, 0) is 45.9 Å². The Morgan fingerprint density at radius 3 is 2.62 bits per heavy atom. The molecule has 0 spiro atoms. The highest BCUT2D eigenvalue weighted by Crippen LogP contribution is 2.31. The third-order valence-corrected chi connectivity index (χ3v) is 6.13. The lowest BCUT2D eigenvalue weighted by molar-refractivity contribution is 0.0602. The minimum absolute atomic E-state index is 0.0462. The summed E-state index contributed by atoms with van der Waals surface area (Å²) in [7, 11) is -2.66. The number of anilines is 1. The third kappa shape index (κ3) is 3.28. The summed E-state index contributed by atoms with van der Waals surface area (Å²) in [4.78, 5) is 11.7. The first-order valence-corrected chi connectivity index (χ1v) is 8.96. The van der Waals surface area contributed by atoms with Crippen LogP contribution in [0.2, 0.25) is 0 Å². The number of para-hydroxylation sites is 1. The van der Waals surface area contributed by atoms with Gasteiger partial charge in [-0.3, -0.25) is 4.72 Å². The van der Waals surface area contributed by atoms with Crippen LogP contribution in [-0.2, 0) is 14.8 Å². The van der Waals surface area contributed by atoms with Gasteiger partial charge >= 0.3 is 5.97 Å². The van der Waals surface area contributed by atoms with E-state index in [-0.39, 0.29) is 9.77 Å². The number of aryl methyl sites for hydroxylation is 1. The SMILES string of the molecule is COC(=O)c1scc(C)c1S(=O)(=O)Nc1ccccc1Br. The molecule has 5 nitrogen and oxygen atoms in total. The number of hydrogen-bond donors (Lipinski definition) is 1. The smallest absolute Gasteiger partial charge is 0.349 e. The maximum Gasteiger partial charge on any atom is 0.349 e. The Hall–Kier alpha value is -1.38. The Labute approximate surface area is 135 Å². The van der Waals surface area contributed by atoms with Crippen LogP contribution < -0.4 is 4.72 Å². The van der Waals surface area contributed by atoms with Crippen molar-refractivity contribution in [2.45, 2.75) is 11.8 Å². The van der Waals surface area contributed by atoms with Gasteiger partial charge in [0.15, 0.2) is 0 Å². The highest BCUT2D eigenvalue weighted by Gasteiger charge is 2.27. The summed E-state index contributed by atoms with van der Waals surface area (Å²) in [6.07, 6.45) is 0. The van der Waals surface area contributed by atoms with Crippen LogP contribution in [0.5, 0.6) is 0 Å². The largest absolute Gasteiger partial charge is 0.465 e. The monoisotopic (exact) mass is 389 g/mol. The Morgan fingerprint density at radius 1 is 1.33 bits per heavy atom. The first-order chi connectivity index (χ1) is 9.86. The molecule has 0 aliphatic carbocycles. The van der Waals surface area contributed by atoms with Crippen molar-refractivity contribution in [1.82, 2.24) is 0 Å². The van der Waals surface area contributed by atoms with Crippen molar-refractivity contribution in [2.75, 3.05) is 11.8 Å². The van der Waals surface area contributed by atoms with Crippen molar-refractivity contribution >= 4 is 48.9 Å². The molecule has 0 bridgehead atoms. The van der Waals surface area contributed by atoms with Gasteiger partial charge in [0.2, 0.25) is 0 Å². The van der Waals surface area contributed by atoms with Crippen LogP contribution in [0.4, 0.5) is 5.69 Å². The fourth-order valence-electron chi connectivity index (χ4n) is 1.74. The number of halogens is 1. The van der Waals surface area contributed by atoms with E-state index in [4.69, 9.17) is 0 Å². The minimum Gasteiger partial charge on any atom is -0.465 e. The lowest BCUT2D eigenvalue weighted by Gasteiger charge is -2.10. The number of nitrogens with one attached hydrogen (secondary N) is 1. The van der Waals surface area contributed by atoms with Crippen molar-refractivity contribution in [3.8, 4) is 0 Å². The van der Waals surface area contributed by atoms with Crippen molar-refractivity contribution in [3.63, 3.8) is 0 Å². The van der Waals surface area contributed by atoms with Crippen LogP contribution in [0.15, 0.2) is 39.0 Å². The summed E-state index contributed by atoms with van der Waals surface area (Å²) in [6.45, 7) is 1.64. The molecule has 1 aromatic heterocycles. The van der Waals surface area contributed by atoms with Crippen LogP contribution in [0.25, 0.3) is 0 Å². The number of thiophene rings is 1. The predicted molar refractivity (Wildman–Crippen MR) is 85.3 cm³/mol. The average molecular weight is 390 g/mol. The van der Waals surface area contributed by atoms with Gasteiger partial charge in [-0.2, -0.15) is 0 Å². The van der Waals surface area contributed by atoms with Gasteiger partial charge in [-0.1, -0.05) is 12.1 Å². The number of esters is 1. The fourth-order valence-corrected chi connectivity index (χ4v) is 5.04. The maximum atomic E-state index is 12.5. The summed E-state index contributed by atoms with van der Waals surface area (Å²) in [5.41, 5.74) is 0.902. The Bertz CT molecular complexity index is 783. The lowest BCUT2D eigenvalue weighted by Crippen LogP contribution is -2.17. The number of carbonyl (C=O) groups excluding carboxylic acids is 1. The van der Waals surface area contributed by atoms with E-state index in [0.29, 0.717) is 15.7 Å². The molecule has 1 aromatic carbocycles. The molecule has 2 aromatic rings. The van der Waals surface area contributed by atoms with Crippen molar-refractivity contribution < 1.29 is 17.9 Å². The van der Waals surface area contributed by atoms with Gasteiger partial charge in [-0.15, -0.1) is 11.3 Å². The Balaban J connectivity index is 2.48. The molecule has 2 rings (SSSR count). The number of benzene rings is 1. The van der Waals surface area contributed by atoms with Crippen LogP contribution in [0, 0.1) is 6.92 Å². The molecular formula is C13H12BrNO4S2. The van der Waals surface area contributed by atoms with Crippen LogP contribution in [-0.4, -0.2) is 21.5 Å². The zero-order chi connectivity index (χ0) is 15.6. The zero-order valence-corrected chi connectivity index (χ0v) is 14.4. The Morgan fingerprint density at radius 2 is 2.00 bits per heavy atom. The minimum atomic E-state index is -3.88. The van der Waals surface area contributed by atoms with Gasteiger partial charge in [0, 0.05) is 4.47 Å². The number of hydrogen-bond acceptors (Lipinski definition) is 5. The van der Waals surface area contributed by atoms with E-state index in [2.05, 4.69) is 25.4 Å². The predicted octanol–water partition coefficient (Wildman–Crippen LogP) is 3.41. The molecule has 8 heteroatoms. The molecule has 1 heterocycles. The molecule has 0 atom stereocenters. The van der Waals surface area contributed by atoms with E-state index in [9.17, 15) is 13.2 Å². The molecule has 0 radical (unpaired) electrons. The summed E-state index contributed by atoms with van der Waals surface area (Å²) in [6, 6.07) is 6.84. The summed E-state index contributed by atoms with van der Waals surface area (Å²) < 4.78 is 32.8. The highest BCUT2D eigenvalue weighted by molar-refractivity contribution is 9.10. The molecule has 0 amide bonds. The van der Waals surface area contributed by atoms with Crippen LogP contribution in [0.3, 0.4) is 0 Å². The van der Waals surface area contributed by atoms with E-state index in [0.717, 1.165) is 11.3 Å². The third-order valence-electron chi connectivity index (χ3n) is 2.68. The summed E-state index contributed by atoms with van der Waals surface area (Å²) in [5, 5.41) is 1.61. The van der Waals surface area contributed by atoms with Gasteiger partial charge in [-0.25, -0.2) is 13.2 Å². The van der Waals surface area contributed by atoms with Gasteiger partial charge in [0.05, 0.1) is 12.8 Å². The molecule has 0 aliphatic heterocycles. The number of carbonyl (C=O) groups is 1. The summed E-state index contributed by atoms with van der Waals surface area (Å²) >= 11 is 4.32. The molecule has 0 saturated carbocycles. The number of rotatable bonds is 4. The van der Waals surface area contributed by atoms with Crippen LogP contribution >= 0.6 is 27.3 Å². The molecule has 112 valence electrons. The Kier molecular flexibility index (Phi) is 4.70. The van der Waals surface area contributed by atoms with E-state index >= 15 is 0 Å². The summed E-state index contributed by atoms with van der Waals surface area (Å²) in [5.74, 6) is -0.666. The first kappa shape index (κ1) is 16.0. The zero-order valence-electron chi connectivity index (χ0n) is 11.2. The van der Waals surface area contributed by atoms with Crippen molar-refractivity contribution in [2.24, 2.45) is 0 Å². The first-order valence-electron chi connectivity index (χ1n) is 5.80. The average Bonchev–Trinajstić information content (AvgIpc) is 2.83. The normalized spacial score (nSPS) is 11.2. The maximum absolute atomic E-state index is 12.5. The van der Waals surface area contributed by atoms with Crippen LogP contribution in [0.1, 0.15) is 15.2 Å². The molecule has 1 N–H and O–H groups in total. The highest BCUT2D eigenvalue weighted by atomic mass is 79.9. The number of methoxy groups -OCH3 is 1. The van der Waals surface area contributed by atoms with E-state index in [1.165, 1.54) is 7.11 Å². The molecule has 0 saturated heterocycles. The van der Waals surface area contributed by atoms with E-state index < -0.39 is 16.0 Å². The van der Waals surface area contributed by atoms with Crippen molar-refractivity contribution in [1.29, 1.82) is 0 Å². The second kappa shape index (κ2) is 6.17. The fraction of sp³-hybridized carbons (Fsp3) is 0.154. The standard InChI is InChI=1S/C13H12BrNO4S2/c1-8-7-20-11(13(16)19-2)12(8)21(17,18)15-10-6-4-3-5-9(10)14/h3-7,15H,1-2H3. The molecular weight excluding hydrogens is 378 g/mol. The molecule has 0 aliphatic rings. The van der Waals surface area contributed by atoms with Gasteiger partial charge in [0.25, 0.3) is 10.0 Å². The second-order valence-electron chi connectivity index (χ2n) is 4.15. The van der Waals surface area contributed by atoms with Crippen molar-refractivity contribution in [3.05, 3.63) is 44.6 Å². The van der Waals surface area contributed by atoms with E-state index in [1.54, 1.807) is 36.6 Å². The topological polar surface area (TPSA) is 72.5 Å². The molecule has 0 unspecified atom stereocenters. The second-order valence-corrected chi connectivity index (χ2v) is 7.51. The van der Waals surface area contributed by atoms with Gasteiger partial charge in [0.1, 0.15) is 9.77 Å². The molecule has 0 fully saturated rings. The number of ether oxygens (including phenoxy) is 1. The quantitative estimate of drug-likeness (QED) is 0.813. The van der Waals surface area contributed by atoms with Gasteiger partial charge < -0.3 is 4.74 Å².